The zero-order valence-corrected chi connectivity index (χ0v) is 21.2. The van der Waals surface area contributed by atoms with Crippen LogP contribution in [0.5, 0.6) is 0 Å². The first-order chi connectivity index (χ1) is 9.77. The monoisotopic (exact) mass is 543 g/mol. The molecule has 0 aliphatic heterocycles. The van der Waals surface area contributed by atoms with Gasteiger partial charge in [-0.05, 0) is 0 Å². The summed E-state index contributed by atoms with van der Waals surface area (Å²) in [7, 11) is 0. The molecule has 0 fully saturated rings. The second-order valence-corrected chi connectivity index (χ2v) is 3.46. The minimum Gasteiger partial charge on any atom is -0.286 e. The first kappa shape index (κ1) is 30.2. The van der Waals surface area contributed by atoms with Gasteiger partial charge in [-0.15, -0.1) is 19.1 Å². The van der Waals surface area contributed by atoms with E-state index in [1.165, 1.54) is 16.7 Å². The fourth-order valence-electron chi connectivity index (χ4n) is 1.37. The normalized spacial score (nSPS) is 7.27. The van der Waals surface area contributed by atoms with Crippen LogP contribution in [0.15, 0.2) is 36.4 Å². The van der Waals surface area contributed by atoms with E-state index in [4.69, 9.17) is 0 Å². The SMILES string of the molecule is CC.CC.CC.Cc1[c-]c(-c2ccccc2)[c-]cc1C.[W].[Y]. The van der Waals surface area contributed by atoms with Crippen molar-refractivity contribution in [1.82, 2.24) is 0 Å². The Labute approximate surface area is 178 Å². The van der Waals surface area contributed by atoms with E-state index in [-0.39, 0.29) is 53.8 Å². The van der Waals surface area contributed by atoms with E-state index in [1.807, 2.05) is 65.8 Å². The average molecular weight is 543 g/mol. The molecule has 0 spiro atoms. The molecule has 0 saturated carbocycles. The summed E-state index contributed by atoms with van der Waals surface area (Å²) in [6.45, 7) is 16.2. The van der Waals surface area contributed by atoms with Crippen molar-refractivity contribution in [3.63, 3.8) is 0 Å². The van der Waals surface area contributed by atoms with Crippen molar-refractivity contribution in [2.45, 2.75) is 55.4 Å². The summed E-state index contributed by atoms with van der Waals surface area (Å²) < 4.78 is 0. The molecule has 2 rings (SSSR count). The van der Waals surface area contributed by atoms with Crippen molar-refractivity contribution in [1.29, 1.82) is 0 Å². The van der Waals surface area contributed by atoms with Crippen LogP contribution in [0.2, 0.25) is 0 Å². The maximum absolute atomic E-state index is 3.34. The maximum atomic E-state index is 3.34. The Kier molecular flexibility index (Phi) is 29.1. The third-order valence-electron chi connectivity index (χ3n) is 2.40. The molecule has 0 nitrogen and oxygen atoms in total. The zero-order valence-electron chi connectivity index (χ0n) is 15.4. The Bertz CT molecular complexity index is 439. The predicted molar refractivity (Wildman–Crippen MR) is 93.1 cm³/mol. The second kappa shape index (κ2) is 21.2. The Morgan fingerprint density at radius 2 is 1.23 bits per heavy atom. The van der Waals surface area contributed by atoms with Crippen LogP contribution in [0.4, 0.5) is 0 Å². The van der Waals surface area contributed by atoms with E-state index >= 15 is 0 Å². The maximum Gasteiger partial charge on any atom is 0 e. The first-order valence-electron chi connectivity index (χ1n) is 7.74. The van der Waals surface area contributed by atoms with Crippen molar-refractivity contribution in [3.8, 4) is 11.1 Å². The number of hydrogen-bond acceptors (Lipinski definition) is 0. The zero-order chi connectivity index (χ0) is 16.0. The molecule has 0 unspecified atom stereocenters. The Morgan fingerprint density at radius 3 is 1.64 bits per heavy atom. The molecular weight excluding hydrogens is 513 g/mol. The third-order valence-corrected chi connectivity index (χ3v) is 2.40. The minimum atomic E-state index is 0. The van der Waals surface area contributed by atoms with Gasteiger partial charge in [0.1, 0.15) is 0 Å². The van der Waals surface area contributed by atoms with Gasteiger partial charge in [-0.25, -0.2) is 17.2 Å². The molecule has 2 heteroatoms. The van der Waals surface area contributed by atoms with E-state index in [0.717, 1.165) is 5.56 Å². The van der Waals surface area contributed by atoms with Gasteiger partial charge in [0.25, 0.3) is 0 Å². The van der Waals surface area contributed by atoms with Crippen molar-refractivity contribution in [3.05, 3.63) is 59.7 Å². The smallest absolute Gasteiger partial charge is 0 e. The Hall–Kier alpha value is 0.232. The molecule has 0 saturated heterocycles. The molecule has 0 atom stereocenters. The standard InChI is InChI=1S/C14H12.3C2H6.W.Y/c1-11-8-9-14(10-12(11)2)13-6-4-3-5-7-13;3*1-2;;/h3-8H,1-2H3;3*1-2H3;;/q-2;;;;;. The van der Waals surface area contributed by atoms with Gasteiger partial charge in [0.05, 0.1) is 0 Å². The Morgan fingerprint density at radius 1 is 0.773 bits per heavy atom. The molecule has 0 aromatic heterocycles. The van der Waals surface area contributed by atoms with Crippen LogP contribution in [0.25, 0.3) is 11.1 Å². The predicted octanol–water partition coefficient (Wildman–Crippen LogP) is 6.64. The number of hydrogen-bond donors (Lipinski definition) is 0. The molecule has 22 heavy (non-hydrogen) atoms. The molecule has 0 heterocycles. The average Bonchev–Trinajstić information content (AvgIpc) is 2.56. The molecule has 1 radical (unpaired) electrons. The summed E-state index contributed by atoms with van der Waals surface area (Å²) >= 11 is 0. The van der Waals surface area contributed by atoms with Gasteiger partial charge in [0, 0.05) is 53.8 Å². The van der Waals surface area contributed by atoms with Gasteiger partial charge in [-0.1, -0.05) is 66.7 Å². The Balaban J connectivity index is -0.000000182. The molecule has 0 aliphatic rings. The van der Waals surface area contributed by atoms with Gasteiger partial charge in [-0.3, -0.25) is 17.7 Å². The number of aryl methyl sites for hydroxylation is 2. The van der Waals surface area contributed by atoms with Crippen LogP contribution < -0.4 is 0 Å². The van der Waals surface area contributed by atoms with E-state index < -0.39 is 0 Å². The van der Waals surface area contributed by atoms with Crippen LogP contribution in [0.3, 0.4) is 0 Å². The summed E-state index contributed by atoms with van der Waals surface area (Å²) in [6.07, 6.45) is 0. The van der Waals surface area contributed by atoms with Crippen LogP contribution >= 0.6 is 0 Å². The fraction of sp³-hybridized carbons (Fsp3) is 0.400. The van der Waals surface area contributed by atoms with Gasteiger partial charge < -0.3 is 0 Å². The van der Waals surface area contributed by atoms with E-state index in [0.29, 0.717) is 0 Å². The summed E-state index contributed by atoms with van der Waals surface area (Å²) in [6, 6.07) is 18.8. The first-order valence-corrected chi connectivity index (χ1v) is 7.74. The van der Waals surface area contributed by atoms with E-state index in [1.54, 1.807) is 0 Å². The second-order valence-electron chi connectivity index (χ2n) is 3.46. The van der Waals surface area contributed by atoms with Crippen molar-refractivity contribution in [2.24, 2.45) is 0 Å². The van der Waals surface area contributed by atoms with Crippen molar-refractivity contribution in [2.75, 3.05) is 0 Å². The summed E-state index contributed by atoms with van der Waals surface area (Å²) in [5, 5.41) is 0. The molecule has 2 aromatic carbocycles. The fourth-order valence-corrected chi connectivity index (χ4v) is 1.37. The van der Waals surface area contributed by atoms with Crippen LogP contribution in [-0.4, -0.2) is 0 Å². The van der Waals surface area contributed by atoms with Crippen LogP contribution in [0, 0.1) is 26.0 Å². The van der Waals surface area contributed by atoms with Gasteiger partial charge in [0.2, 0.25) is 0 Å². The molecule has 0 N–H and O–H groups in total. The van der Waals surface area contributed by atoms with Gasteiger partial charge in [0.15, 0.2) is 0 Å². The molecule has 2 aromatic rings. The summed E-state index contributed by atoms with van der Waals surface area (Å²) in [5.41, 5.74) is 4.66. The third kappa shape index (κ3) is 11.8. The molecule has 0 aliphatic carbocycles. The number of rotatable bonds is 1. The molecular formula is C20H30WY-2. The van der Waals surface area contributed by atoms with Crippen LogP contribution in [0.1, 0.15) is 52.7 Å². The molecule has 121 valence electrons. The minimum absolute atomic E-state index is 0. The van der Waals surface area contributed by atoms with Gasteiger partial charge in [-0.2, -0.15) is 5.56 Å². The summed E-state index contributed by atoms with van der Waals surface area (Å²) in [5.74, 6) is 0. The van der Waals surface area contributed by atoms with Crippen molar-refractivity contribution >= 4 is 0 Å². The van der Waals surface area contributed by atoms with Crippen LogP contribution in [-0.2, 0) is 53.8 Å². The topological polar surface area (TPSA) is 0 Å². The van der Waals surface area contributed by atoms with Gasteiger partial charge >= 0.3 is 0 Å². The number of benzene rings is 2. The molecule has 0 bridgehead atoms. The largest absolute Gasteiger partial charge is 0.286 e. The van der Waals surface area contributed by atoms with E-state index in [9.17, 15) is 0 Å². The molecule has 0 amide bonds. The quantitative estimate of drug-likeness (QED) is 0.354. The summed E-state index contributed by atoms with van der Waals surface area (Å²) in [4.78, 5) is 0. The van der Waals surface area contributed by atoms with E-state index in [2.05, 4.69) is 38.1 Å². The van der Waals surface area contributed by atoms with Crippen molar-refractivity contribution < 1.29 is 53.8 Å².